The van der Waals surface area contributed by atoms with Gasteiger partial charge in [0.25, 0.3) is 0 Å². The van der Waals surface area contributed by atoms with Gasteiger partial charge < -0.3 is 15.4 Å². The number of ether oxygens (including phenoxy) is 1. The third kappa shape index (κ3) is 7.39. The van der Waals surface area contributed by atoms with Crippen molar-refractivity contribution >= 4 is 12.0 Å². The highest BCUT2D eigenvalue weighted by Crippen LogP contribution is 1.97. The van der Waals surface area contributed by atoms with Gasteiger partial charge in [0.1, 0.15) is 6.54 Å². The second kappa shape index (κ2) is 5.47. The van der Waals surface area contributed by atoms with E-state index in [0.29, 0.717) is 6.61 Å². The Morgan fingerprint density at radius 3 is 2.29 bits per heavy atom. The molecule has 0 saturated carbocycles. The van der Waals surface area contributed by atoms with Crippen LogP contribution in [0, 0.1) is 0 Å². The Bertz CT molecular complexity index is 209. The number of hydrogen-bond donors (Lipinski definition) is 2. The molecule has 14 heavy (non-hydrogen) atoms. The van der Waals surface area contributed by atoms with Gasteiger partial charge in [0.2, 0.25) is 5.91 Å². The van der Waals surface area contributed by atoms with Crippen LogP contribution in [0.15, 0.2) is 0 Å². The van der Waals surface area contributed by atoms with Crippen LogP contribution in [0.5, 0.6) is 0 Å². The number of hydrogen-bond acceptors (Lipinski definition) is 3. The topological polar surface area (TPSA) is 67.4 Å². The molecule has 5 heteroatoms. The van der Waals surface area contributed by atoms with E-state index in [1.807, 2.05) is 20.8 Å². The fraction of sp³-hybridized carbons (Fsp3) is 0.778. The van der Waals surface area contributed by atoms with Gasteiger partial charge in [-0.1, -0.05) is 0 Å². The third-order valence-electron chi connectivity index (χ3n) is 1.18. The Labute approximate surface area is 84.2 Å². The number of carbonyl (C=O) groups is 2. The molecule has 0 aromatic carbocycles. The lowest BCUT2D eigenvalue weighted by molar-refractivity contribution is -0.121. The van der Waals surface area contributed by atoms with Crippen LogP contribution in [0.3, 0.4) is 0 Å². The molecule has 2 N–H and O–H groups in total. The van der Waals surface area contributed by atoms with Crippen molar-refractivity contribution in [3.05, 3.63) is 0 Å². The maximum absolute atomic E-state index is 11.2. The molecule has 0 aliphatic heterocycles. The molecular weight excluding hydrogens is 184 g/mol. The van der Waals surface area contributed by atoms with Gasteiger partial charge in [-0.15, -0.1) is 0 Å². The number of alkyl carbamates (subject to hydrolysis) is 1. The fourth-order valence-corrected chi connectivity index (χ4v) is 0.797. The highest BCUT2D eigenvalue weighted by atomic mass is 16.5. The van der Waals surface area contributed by atoms with Crippen LogP contribution in [0.1, 0.15) is 27.7 Å². The molecule has 0 saturated heterocycles. The summed E-state index contributed by atoms with van der Waals surface area (Å²) >= 11 is 0. The molecule has 0 atom stereocenters. The fourth-order valence-electron chi connectivity index (χ4n) is 0.797. The highest BCUT2D eigenvalue weighted by molar-refractivity contribution is 5.82. The quantitative estimate of drug-likeness (QED) is 0.706. The first-order valence-electron chi connectivity index (χ1n) is 4.57. The molecule has 0 aliphatic carbocycles. The average Bonchev–Trinajstić information content (AvgIpc) is 1.98. The van der Waals surface area contributed by atoms with Gasteiger partial charge in [0.05, 0.1) is 6.61 Å². The monoisotopic (exact) mass is 202 g/mol. The third-order valence-corrected chi connectivity index (χ3v) is 1.18. The largest absolute Gasteiger partial charge is 0.450 e. The Hall–Kier alpha value is -1.26. The normalized spacial score (nSPS) is 10.6. The summed E-state index contributed by atoms with van der Waals surface area (Å²) in [5.74, 6) is -0.231. The Morgan fingerprint density at radius 1 is 1.29 bits per heavy atom. The predicted molar refractivity (Wildman–Crippen MR) is 52.9 cm³/mol. The first-order valence-corrected chi connectivity index (χ1v) is 4.57. The molecule has 0 fully saturated rings. The van der Waals surface area contributed by atoms with Gasteiger partial charge in [0, 0.05) is 5.54 Å². The van der Waals surface area contributed by atoms with E-state index in [0.717, 1.165) is 0 Å². The van der Waals surface area contributed by atoms with Gasteiger partial charge in [-0.25, -0.2) is 4.79 Å². The van der Waals surface area contributed by atoms with Crippen LogP contribution in [-0.2, 0) is 9.53 Å². The van der Waals surface area contributed by atoms with Gasteiger partial charge in [-0.05, 0) is 27.7 Å². The Kier molecular flexibility index (Phi) is 4.97. The summed E-state index contributed by atoms with van der Waals surface area (Å²) in [4.78, 5) is 22.0. The highest BCUT2D eigenvalue weighted by Gasteiger charge is 2.13. The molecule has 0 radical (unpaired) electrons. The summed E-state index contributed by atoms with van der Waals surface area (Å²) in [6, 6.07) is 0. The molecule has 0 aliphatic rings. The minimum Gasteiger partial charge on any atom is -0.450 e. The SMILES string of the molecule is CCOC(=O)NCC(=O)NC(C)(C)C. The van der Waals surface area contributed by atoms with Crippen molar-refractivity contribution in [2.24, 2.45) is 0 Å². The average molecular weight is 202 g/mol. The zero-order chi connectivity index (χ0) is 11.2. The van der Waals surface area contributed by atoms with E-state index in [4.69, 9.17) is 0 Å². The molecule has 0 unspecified atom stereocenters. The van der Waals surface area contributed by atoms with E-state index in [9.17, 15) is 9.59 Å². The molecule has 0 aromatic heterocycles. The molecule has 0 spiro atoms. The number of amides is 2. The zero-order valence-electron chi connectivity index (χ0n) is 9.14. The second-order valence-corrected chi connectivity index (χ2v) is 3.87. The smallest absolute Gasteiger partial charge is 0.407 e. The second-order valence-electron chi connectivity index (χ2n) is 3.87. The van der Waals surface area contributed by atoms with Crippen molar-refractivity contribution in [1.82, 2.24) is 10.6 Å². The number of nitrogens with one attached hydrogen (secondary N) is 2. The molecule has 0 heterocycles. The molecular formula is C9H18N2O3. The van der Waals surface area contributed by atoms with Crippen molar-refractivity contribution in [3.8, 4) is 0 Å². The molecule has 2 amide bonds. The van der Waals surface area contributed by atoms with Gasteiger partial charge >= 0.3 is 6.09 Å². The minimum atomic E-state index is -0.573. The van der Waals surface area contributed by atoms with Crippen molar-refractivity contribution < 1.29 is 14.3 Å². The number of carbonyl (C=O) groups excluding carboxylic acids is 2. The van der Waals surface area contributed by atoms with Crippen molar-refractivity contribution in [1.29, 1.82) is 0 Å². The molecule has 5 nitrogen and oxygen atoms in total. The molecule has 0 bridgehead atoms. The Morgan fingerprint density at radius 2 is 1.86 bits per heavy atom. The van der Waals surface area contributed by atoms with E-state index in [2.05, 4.69) is 15.4 Å². The summed E-state index contributed by atoms with van der Waals surface area (Å²) in [6.07, 6.45) is -0.573. The van der Waals surface area contributed by atoms with Crippen molar-refractivity contribution in [3.63, 3.8) is 0 Å². The van der Waals surface area contributed by atoms with Gasteiger partial charge in [-0.3, -0.25) is 4.79 Å². The summed E-state index contributed by atoms with van der Waals surface area (Å²) in [6.45, 7) is 7.55. The van der Waals surface area contributed by atoms with E-state index >= 15 is 0 Å². The maximum Gasteiger partial charge on any atom is 0.407 e. The molecule has 0 rings (SSSR count). The lowest BCUT2D eigenvalue weighted by atomic mass is 10.1. The van der Waals surface area contributed by atoms with Crippen LogP contribution >= 0.6 is 0 Å². The van der Waals surface area contributed by atoms with Crippen LogP contribution in [0.4, 0.5) is 4.79 Å². The summed E-state index contributed by atoms with van der Waals surface area (Å²) in [7, 11) is 0. The van der Waals surface area contributed by atoms with Crippen LogP contribution in [-0.4, -0.2) is 30.7 Å². The standard InChI is InChI=1S/C9H18N2O3/c1-5-14-8(13)10-6-7(12)11-9(2,3)4/h5-6H2,1-4H3,(H,10,13)(H,11,12). The summed E-state index contributed by atoms with van der Waals surface area (Å²) in [5, 5.41) is 5.04. The van der Waals surface area contributed by atoms with E-state index in [-0.39, 0.29) is 18.0 Å². The van der Waals surface area contributed by atoms with Crippen LogP contribution < -0.4 is 10.6 Å². The van der Waals surface area contributed by atoms with E-state index in [1.54, 1.807) is 6.92 Å². The zero-order valence-corrected chi connectivity index (χ0v) is 9.14. The van der Waals surface area contributed by atoms with Gasteiger partial charge in [0.15, 0.2) is 0 Å². The first kappa shape index (κ1) is 12.7. The van der Waals surface area contributed by atoms with Crippen molar-refractivity contribution in [2.75, 3.05) is 13.2 Å². The predicted octanol–water partition coefficient (Wildman–Crippen LogP) is 0.647. The van der Waals surface area contributed by atoms with E-state index < -0.39 is 6.09 Å². The van der Waals surface area contributed by atoms with Gasteiger partial charge in [-0.2, -0.15) is 0 Å². The molecule has 0 aromatic rings. The maximum atomic E-state index is 11.2. The summed E-state index contributed by atoms with van der Waals surface area (Å²) in [5.41, 5.74) is -0.284. The first-order chi connectivity index (χ1) is 6.35. The van der Waals surface area contributed by atoms with Crippen LogP contribution in [0.2, 0.25) is 0 Å². The lowest BCUT2D eigenvalue weighted by Gasteiger charge is -2.20. The van der Waals surface area contributed by atoms with Crippen molar-refractivity contribution in [2.45, 2.75) is 33.2 Å². The Balaban J connectivity index is 3.70. The van der Waals surface area contributed by atoms with E-state index in [1.165, 1.54) is 0 Å². The molecule has 82 valence electrons. The lowest BCUT2D eigenvalue weighted by Crippen LogP contribution is -2.45. The number of rotatable bonds is 3. The van der Waals surface area contributed by atoms with Crippen LogP contribution in [0.25, 0.3) is 0 Å². The summed E-state index contributed by atoms with van der Waals surface area (Å²) < 4.78 is 4.59. The minimum absolute atomic E-state index is 0.0594.